The predicted molar refractivity (Wildman–Crippen MR) is 58.8 cm³/mol. The van der Waals surface area contributed by atoms with E-state index in [0.29, 0.717) is 5.70 Å². The standard InChI is InChI=1S/C12H14N2/c1-3-7-12(10-13)14(2)11-8-5-4-6-9-11/h4-9H,3H2,1-2H3/b12-7+. The van der Waals surface area contributed by atoms with Crippen LogP contribution >= 0.6 is 0 Å². The van der Waals surface area contributed by atoms with Crippen molar-refractivity contribution in [2.75, 3.05) is 11.9 Å². The number of allylic oxidation sites excluding steroid dienone is 2. The van der Waals surface area contributed by atoms with Gasteiger partial charge in [0, 0.05) is 12.7 Å². The maximum Gasteiger partial charge on any atom is 0.117 e. The van der Waals surface area contributed by atoms with E-state index in [1.165, 1.54) is 0 Å². The van der Waals surface area contributed by atoms with E-state index in [4.69, 9.17) is 5.26 Å². The Bertz CT molecular complexity index is 346. The first kappa shape index (κ1) is 10.3. The van der Waals surface area contributed by atoms with E-state index in [1.54, 1.807) is 0 Å². The Morgan fingerprint density at radius 3 is 2.57 bits per heavy atom. The minimum atomic E-state index is 0.693. The van der Waals surface area contributed by atoms with Gasteiger partial charge in [0.1, 0.15) is 11.8 Å². The van der Waals surface area contributed by atoms with Crippen molar-refractivity contribution in [3.8, 4) is 6.07 Å². The van der Waals surface area contributed by atoms with Crippen LogP contribution in [0.15, 0.2) is 42.1 Å². The Morgan fingerprint density at radius 2 is 2.07 bits per heavy atom. The van der Waals surface area contributed by atoms with Crippen molar-refractivity contribution >= 4 is 5.69 Å². The van der Waals surface area contributed by atoms with Gasteiger partial charge in [0.15, 0.2) is 0 Å². The Morgan fingerprint density at radius 1 is 1.43 bits per heavy atom. The van der Waals surface area contributed by atoms with E-state index in [0.717, 1.165) is 12.1 Å². The molecule has 0 aromatic heterocycles. The highest BCUT2D eigenvalue weighted by Gasteiger charge is 2.03. The molecule has 0 spiro atoms. The lowest BCUT2D eigenvalue weighted by Crippen LogP contribution is -2.14. The zero-order chi connectivity index (χ0) is 10.4. The molecule has 2 heteroatoms. The van der Waals surface area contributed by atoms with Crippen LogP contribution in [0.4, 0.5) is 5.69 Å². The number of nitriles is 1. The summed E-state index contributed by atoms with van der Waals surface area (Å²) in [5.74, 6) is 0. The molecule has 0 amide bonds. The van der Waals surface area contributed by atoms with Crippen LogP contribution < -0.4 is 4.90 Å². The van der Waals surface area contributed by atoms with E-state index in [-0.39, 0.29) is 0 Å². The van der Waals surface area contributed by atoms with Gasteiger partial charge in [0.2, 0.25) is 0 Å². The van der Waals surface area contributed by atoms with Crippen molar-refractivity contribution in [1.29, 1.82) is 5.26 Å². The molecule has 1 aromatic carbocycles. The smallest absolute Gasteiger partial charge is 0.117 e. The summed E-state index contributed by atoms with van der Waals surface area (Å²) >= 11 is 0. The maximum atomic E-state index is 8.93. The topological polar surface area (TPSA) is 27.0 Å². The first-order valence-electron chi connectivity index (χ1n) is 4.68. The lowest BCUT2D eigenvalue weighted by molar-refractivity contribution is 1.09. The fourth-order valence-corrected chi connectivity index (χ4v) is 1.24. The highest BCUT2D eigenvalue weighted by atomic mass is 15.1. The molecule has 0 unspecified atom stereocenters. The van der Waals surface area contributed by atoms with Crippen molar-refractivity contribution in [2.24, 2.45) is 0 Å². The molecule has 0 saturated carbocycles. The summed E-state index contributed by atoms with van der Waals surface area (Å²) in [7, 11) is 1.90. The monoisotopic (exact) mass is 186 g/mol. The van der Waals surface area contributed by atoms with Crippen molar-refractivity contribution in [1.82, 2.24) is 0 Å². The van der Waals surface area contributed by atoms with E-state index in [1.807, 2.05) is 55.3 Å². The van der Waals surface area contributed by atoms with E-state index in [9.17, 15) is 0 Å². The Balaban J connectivity index is 2.91. The lowest BCUT2D eigenvalue weighted by atomic mass is 10.2. The van der Waals surface area contributed by atoms with E-state index >= 15 is 0 Å². The maximum absolute atomic E-state index is 8.93. The summed E-state index contributed by atoms with van der Waals surface area (Å²) < 4.78 is 0. The second-order valence-corrected chi connectivity index (χ2v) is 3.00. The first-order chi connectivity index (χ1) is 6.79. The summed E-state index contributed by atoms with van der Waals surface area (Å²) in [5, 5.41) is 8.93. The molecule has 1 rings (SSSR count). The molecule has 1 aromatic rings. The average Bonchev–Trinajstić information content (AvgIpc) is 2.26. The second-order valence-electron chi connectivity index (χ2n) is 3.00. The molecule has 72 valence electrons. The SMILES string of the molecule is CC/C=C(\C#N)N(C)c1ccccc1. The molecule has 0 radical (unpaired) electrons. The molecule has 0 bridgehead atoms. The van der Waals surface area contributed by atoms with Crippen LogP contribution in [0.3, 0.4) is 0 Å². The largest absolute Gasteiger partial charge is 0.336 e. The number of anilines is 1. The fraction of sp³-hybridized carbons (Fsp3) is 0.250. The summed E-state index contributed by atoms with van der Waals surface area (Å²) in [5.41, 5.74) is 1.73. The number of nitrogens with zero attached hydrogens (tertiary/aromatic N) is 2. The van der Waals surface area contributed by atoms with Crippen LogP contribution in [0.2, 0.25) is 0 Å². The molecule has 2 nitrogen and oxygen atoms in total. The summed E-state index contributed by atoms with van der Waals surface area (Å²) in [6.07, 6.45) is 2.80. The van der Waals surface area contributed by atoms with Gasteiger partial charge in [-0.25, -0.2) is 0 Å². The van der Waals surface area contributed by atoms with Gasteiger partial charge >= 0.3 is 0 Å². The quantitative estimate of drug-likeness (QED) is 0.678. The van der Waals surface area contributed by atoms with Crippen LogP contribution in [0.5, 0.6) is 0 Å². The third-order valence-corrected chi connectivity index (χ3v) is 2.02. The molecular weight excluding hydrogens is 172 g/mol. The van der Waals surface area contributed by atoms with Gasteiger partial charge in [-0.05, 0) is 18.6 Å². The second kappa shape index (κ2) is 5.08. The number of hydrogen-bond donors (Lipinski definition) is 0. The van der Waals surface area contributed by atoms with Crippen LogP contribution in [-0.4, -0.2) is 7.05 Å². The third-order valence-electron chi connectivity index (χ3n) is 2.02. The number of hydrogen-bond acceptors (Lipinski definition) is 2. The molecular formula is C12H14N2. The fourth-order valence-electron chi connectivity index (χ4n) is 1.24. The zero-order valence-electron chi connectivity index (χ0n) is 8.57. The molecule has 0 aliphatic carbocycles. The van der Waals surface area contributed by atoms with Gasteiger partial charge < -0.3 is 4.90 Å². The zero-order valence-corrected chi connectivity index (χ0v) is 8.57. The third kappa shape index (κ3) is 2.37. The number of para-hydroxylation sites is 1. The molecule has 0 saturated heterocycles. The van der Waals surface area contributed by atoms with Crippen molar-refractivity contribution in [2.45, 2.75) is 13.3 Å². The van der Waals surface area contributed by atoms with Crippen LogP contribution in [0.1, 0.15) is 13.3 Å². The van der Waals surface area contributed by atoms with Gasteiger partial charge in [-0.15, -0.1) is 0 Å². The number of benzene rings is 1. The minimum absolute atomic E-state index is 0.693. The summed E-state index contributed by atoms with van der Waals surface area (Å²) in [4.78, 5) is 1.89. The number of rotatable bonds is 3. The van der Waals surface area contributed by atoms with Crippen molar-refractivity contribution in [3.63, 3.8) is 0 Å². The van der Waals surface area contributed by atoms with Gasteiger partial charge in [-0.2, -0.15) is 5.26 Å². The summed E-state index contributed by atoms with van der Waals surface area (Å²) in [6.45, 7) is 2.02. The van der Waals surface area contributed by atoms with E-state index < -0.39 is 0 Å². The van der Waals surface area contributed by atoms with E-state index in [2.05, 4.69) is 6.07 Å². The minimum Gasteiger partial charge on any atom is -0.336 e. The molecule has 0 fully saturated rings. The van der Waals surface area contributed by atoms with Crippen LogP contribution in [0.25, 0.3) is 0 Å². The van der Waals surface area contributed by atoms with Crippen LogP contribution in [-0.2, 0) is 0 Å². The molecule has 0 N–H and O–H groups in total. The Kier molecular flexibility index (Phi) is 3.75. The van der Waals surface area contributed by atoms with Gasteiger partial charge in [-0.3, -0.25) is 0 Å². The highest BCUT2D eigenvalue weighted by molar-refractivity contribution is 5.54. The molecule has 0 heterocycles. The Hall–Kier alpha value is -1.75. The molecule has 0 aliphatic rings. The van der Waals surface area contributed by atoms with Crippen molar-refractivity contribution in [3.05, 3.63) is 42.1 Å². The average molecular weight is 186 g/mol. The van der Waals surface area contributed by atoms with Crippen molar-refractivity contribution < 1.29 is 0 Å². The van der Waals surface area contributed by atoms with Gasteiger partial charge in [0.25, 0.3) is 0 Å². The normalized spacial score (nSPS) is 10.8. The molecule has 0 aliphatic heterocycles. The molecule has 14 heavy (non-hydrogen) atoms. The summed E-state index contributed by atoms with van der Waals surface area (Å²) in [6, 6.07) is 12.1. The predicted octanol–water partition coefficient (Wildman–Crippen LogP) is 2.94. The van der Waals surface area contributed by atoms with Crippen LogP contribution in [0, 0.1) is 11.3 Å². The van der Waals surface area contributed by atoms with Gasteiger partial charge in [0.05, 0.1) is 0 Å². The molecule has 0 atom stereocenters. The Labute approximate surface area is 85.1 Å². The highest BCUT2D eigenvalue weighted by Crippen LogP contribution is 2.16. The van der Waals surface area contributed by atoms with Gasteiger partial charge in [-0.1, -0.05) is 31.2 Å². The first-order valence-corrected chi connectivity index (χ1v) is 4.68. The lowest BCUT2D eigenvalue weighted by Gasteiger charge is -2.17.